The van der Waals surface area contributed by atoms with Gasteiger partial charge in [-0.3, -0.25) is 4.90 Å². The predicted octanol–water partition coefficient (Wildman–Crippen LogP) is -0.461. The molecule has 1 aliphatic heterocycles. The molecule has 2 atom stereocenters. The molecule has 0 bridgehead atoms. The van der Waals surface area contributed by atoms with E-state index in [2.05, 4.69) is 16.5 Å². The van der Waals surface area contributed by atoms with Crippen LogP contribution >= 0.6 is 0 Å². The molecule has 0 aliphatic carbocycles. The summed E-state index contributed by atoms with van der Waals surface area (Å²) in [5.41, 5.74) is 0. The lowest BCUT2D eigenvalue weighted by Gasteiger charge is -2.32. The zero-order chi connectivity index (χ0) is 12.9. The van der Waals surface area contributed by atoms with Crippen molar-refractivity contribution in [2.75, 3.05) is 32.8 Å². The number of hydrogen-bond acceptors (Lipinski definition) is 5. The van der Waals surface area contributed by atoms with Gasteiger partial charge < -0.3 is 4.74 Å². The standard InChI is InChI=1S/C10H19N3O3S/c1-3-13-4-5-16-10(8-13)7-12-17(14,15)9(2)6-11/h9-10,12H,3-5,7-8H2,1-2H3. The molecule has 0 amide bonds. The molecule has 0 radical (unpaired) electrons. The Kier molecular flexibility index (Phi) is 5.33. The summed E-state index contributed by atoms with van der Waals surface area (Å²) in [5, 5.41) is 7.54. The summed E-state index contributed by atoms with van der Waals surface area (Å²) >= 11 is 0. The molecular weight excluding hydrogens is 242 g/mol. The van der Waals surface area contributed by atoms with E-state index in [0.29, 0.717) is 6.61 Å². The van der Waals surface area contributed by atoms with Gasteiger partial charge in [-0.2, -0.15) is 5.26 Å². The lowest BCUT2D eigenvalue weighted by atomic mass is 10.3. The van der Waals surface area contributed by atoms with Crippen LogP contribution < -0.4 is 4.72 Å². The van der Waals surface area contributed by atoms with Crippen LogP contribution in [0.25, 0.3) is 0 Å². The molecule has 1 fully saturated rings. The second-order valence-corrected chi connectivity index (χ2v) is 6.14. The van der Waals surface area contributed by atoms with Gasteiger partial charge in [0.25, 0.3) is 0 Å². The molecule has 0 aromatic heterocycles. The fourth-order valence-electron chi connectivity index (χ4n) is 1.59. The number of likely N-dealkylation sites (N-methyl/N-ethyl adjacent to an activating group) is 1. The highest BCUT2D eigenvalue weighted by atomic mass is 32.2. The molecule has 1 saturated heterocycles. The van der Waals surface area contributed by atoms with Crippen molar-refractivity contribution < 1.29 is 13.2 Å². The van der Waals surface area contributed by atoms with Gasteiger partial charge in [-0.25, -0.2) is 13.1 Å². The van der Waals surface area contributed by atoms with Gasteiger partial charge in [-0.15, -0.1) is 0 Å². The van der Waals surface area contributed by atoms with E-state index in [9.17, 15) is 8.42 Å². The van der Waals surface area contributed by atoms with Crippen LogP contribution in [-0.4, -0.2) is 57.5 Å². The maximum Gasteiger partial charge on any atom is 0.227 e. The van der Waals surface area contributed by atoms with Crippen LogP contribution in [0.15, 0.2) is 0 Å². The van der Waals surface area contributed by atoms with E-state index >= 15 is 0 Å². The minimum Gasteiger partial charge on any atom is -0.374 e. The van der Waals surface area contributed by atoms with Crippen LogP contribution in [-0.2, 0) is 14.8 Å². The van der Waals surface area contributed by atoms with Crippen LogP contribution in [0.5, 0.6) is 0 Å². The minimum absolute atomic E-state index is 0.135. The zero-order valence-electron chi connectivity index (χ0n) is 10.2. The Bertz CT molecular complexity index is 377. The monoisotopic (exact) mass is 261 g/mol. The normalized spacial score (nSPS) is 24.2. The molecule has 2 unspecified atom stereocenters. The van der Waals surface area contributed by atoms with Gasteiger partial charge in [0.05, 0.1) is 18.8 Å². The maximum absolute atomic E-state index is 11.6. The third-order valence-electron chi connectivity index (χ3n) is 2.83. The van der Waals surface area contributed by atoms with E-state index < -0.39 is 15.3 Å². The Morgan fingerprint density at radius 2 is 2.35 bits per heavy atom. The van der Waals surface area contributed by atoms with Crippen LogP contribution in [0.2, 0.25) is 0 Å². The van der Waals surface area contributed by atoms with E-state index in [1.807, 2.05) is 0 Å². The quantitative estimate of drug-likeness (QED) is 0.724. The molecular formula is C10H19N3O3S. The van der Waals surface area contributed by atoms with Crippen LogP contribution in [0, 0.1) is 11.3 Å². The van der Waals surface area contributed by atoms with E-state index in [0.717, 1.165) is 19.6 Å². The summed E-state index contributed by atoms with van der Waals surface area (Å²) in [4.78, 5) is 2.20. The van der Waals surface area contributed by atoms with Gasteiger partial charge in [0.1, 0.15) is 0 Å². The third kappa shape index (κ3) is 4.24. The van der Waals surface area contributed by atoms with Crippen LogP contribution in [0.1, 0.15) is 13.8 Å². The third-order valence-corrected chi connectivity index (χ3v) is 4.43. The Labute approximate surface area is 103 Å². The summed E-state index contributed by atoms with van der Waals surface area (Å²) in [6, 6.07) is 1.71. The number of nitrogens with zero attached hydrogens (tertiary/aromatic N) is 2. The summed E-state index contributed by atoms with van der Waals surface area (Å²) < 4.78 is 31.0. The van der Waals surface area contributed by atoms with E-state index in [-0.39, 0.29) is 12.6 Å². The molecule has 1 rings (SSSR count). The molecule has 7 heteroatoms. The van der Waals surface area contributed by atoms with Crippen molar-refractivity contribution >= 4 is 10.0 Å². The van der Waals surface area contributed by atoms with Crippen LogP contribution in [0.3, 0.4) is 0 Å². The number of nitrogens with one attached hydrogen (secondary N) is 1. The Balaban J connectivity index is 2.43. The first-order valence-corrected chi connectivity index (χ1v) is 7.26. The average Bonchev–Trinajstić information content (AvgIpc) is 2.35. The Morgan fingerprint density at radius 1 is 1.65 bits per heavy atom. The maximum atomic E-state index is 11.6. The highest BCUT2D eigenvalue weighted by molar-refractivity contribution is 7.90. The average molecular weight is 261 g/mol. The molecule has 6 nitrogen and oxygen atoms in total. The van der Waals surface area contributed by atoms with Gasteiger partial charge in [-0.1, -0.05) is 6.92 Å². The molecule has 1 N–H and O–H groups in total. The van der Waals surface area contributed by atoms with Crippen molar-refractivity contribution in [3.8, 4) is 6.07 Å². The molecule has 17 heavy (non-hydrogen) atoms. The summed E-state index contributed by atoms with van der Waals surface area (Å²) in [7, 11) is -3.54. The number of sulfonamides is 1. The first-order valence-electron chi connectivity index (χ1n) is 5.71. The van der Waals surface area contributed by atoms with Crippen molar-refractivity contribution in [1.29, 1.82) is 5.26 Å². The molecule has 0 aromatic rings. The van der Waals surface area contributed by atoms with E-state index in [1.165, 1.54) is 6.92 Å². The van der Waals surface area contributed by atoms with Crippen molar-refractivity contribution in [3.63, 3.8) is 0 Å². The van der Waals surface area contributed by atoms with Gasteiger partial charge in [0.2, 0.25) is 10.0 Å². The lowest BCUT2D eigenvalue weighted by molar-refractivity contribution is -0.0229. The largest absolute Gasteiger partial charge is 0.374 e. The van der Waals surface area contributed by atoms with Crippen molar-refractivity contribution in [2.45, 2.75) is 25.2 Å². The van der Waals surface area contributed by atoms with Gasteiger partial charge in [-0.05, 0) is 13.5 Å². The van der Waals surface area contributed by atoms with E-state index in [1.54, 1.807) is 6.07 Å². The smallest absolute Gasteiger partial charge is 0.227 e. The predicted molar refractivity (Wildman–Crippen MR) is 63.9 cm³/mol. The highest BCUT2D eigenvalue weighted by Crippen LogP contribution is 2.05. The fraction of sp³-hybridized carbons (Fsp3) is 0.900. The molecule has 1 aliphatic rings. The van der Waals surface area contributed by atoms with Crippen LogP contribution in [0.4, 0.5) is 0 Å². The first kappa shape index (κ1) is 14.4. The summed E-state index contributed by atoms with van der Waals surface area (Å²) in [6.45, 7) is 6.81. The second kappa shape index (κ2) is 6.31. The fourth-order valence-corrected chi connectivity index (χ4v) is 2.40. The Morgan fingerprint density at radius 3 is 2.94 bits per heavy atom. The summed E-state index contributed by atoms with van der Waals surface area (Å²) in [6.07, 6.45) is -0.135. The second-order valence-electron chi connectivity index (χ2n) is 4.05. The van der Waals surface area contributed by atoms with Gasteiger partial charge in [0.15, 0.2) is 5.25 Å². The molecule has 98 valence electrons. The van der Waals surface area contributed by atoms with Crippen molar-refractivity contribution in [2.24, 2.45) is 0 Å². The minimum atomic E-state index is -3.54. The molecule has 0 aromatic carbocycles. The number of hydrogen-bond donors (Lipinski definition) is 1. The Hall–Kier alpha value is -0.680. The first-order chi connectivity index (χ1) is 7.99. The number of rotatable bonds is 5. The van der Waals surface area contributed by atoms with Crippen molar-refractivity contribution in [1.82, 2.24) is 9.62 Å². The van der Waals surface area contributed by atoms with E-state index in [4.69, 9.17) is 10.00 Å². The number of nitriles is 1. The molecule has 1 heterocycles. The summed E-state index contributed by atoms with van der Waals surface area (Å²) in [5.74, 6) is 0. The van der Waals surface area contributed by atoms with Crippen molar-refractivity contribution in [3.05, 3.63) is 0 Å². The van der Waals surface area contributed by atoms with Gasteiger partial charge in [0, 0.05) is 19.6 Å². The number of ether oxygens (including phenoxy) is 1. The zero-order valence-corrected chi connectivity index (χ0v) is 11.0. The molecule has 0 saturated carbocycles. The SMILES string of the molecule is CCN1CCOC(CNS(=O)(=O)C(C)C#N)C1. The lowest BCUT2D eigenvalue weighted by Crippen LogP contribution is -2.48. The highest BCUT2D eigenvalue weighted by Gasteiger charge is 2.24. The van der Waals surface area contributed by atoms with Gasteiger partial charge >= 0.3 is 0 Å². The topological polar surface area (TPSA) is 82.4 Å². The molecule has 0 spiro atoms. The number of morpholine rings is 1.